The van der Waals surface area contributed by atoms with Crippen LogP contribution in [0.15, 0.2) is 24.4 Å². The van der Waals surface area contributed by atoms with Crippen LogP contribution in [0.5, 0.6) is 5.75 Å². The maximum atomic E-state index is 13.1. The highest BCUT2D eigenvalue weighted by atomic mass is 19.2. The van der Waals surface area contributed by atoms with Crippen molar-refractivity contribution in [3.63, 3.8) is 0 Å². The summed E-state index contributed by atoms with van der Waals surface area (Å²) in [6.07, 6.45) is 1.40. The van der Waals surface area contributed by atoms with Gasteiger partial charge in [0.25, 0.3) is 0 Å². The Morgan fingerprint density at radius 1 is 1.31 bits per heavy atom. The van der Waals surface area contributed by atoms with Gasteiger partial charge in [-0.2, -0.15) is 0 Å². The van der Waals surface area contributed by atoms with Crippen molar-refractivity contribution in [1.29, 1.82) is 0 Å². The lowest BCUT2D eigenvalue weighted by molar-refractivity contribution is 0.463. The number of benzene rings is 1. The van der Waals surface area contributed by atoms with Crippen LogP contribution in [0.1, 0.15) is 0 Å². The maximum absolute atomic E-state index is 13.1. The summed E-state index contributed by atoms with van der Waals surface area (Å²) in [5, 5.41) is 9.19. The van der Waals surface area contributed by atoms with E-state index in [0.29, 0.717) is 6.07 Å². The molecule has 0 radical (unpaired) electrons. The molecule has 0 aliphatic rings. The Labute approximate surface area is 72.5 Å². The van der Waals surface area contributed by atoms with Gasteiger partial charge >= 0.3 is 0 Å². The third-order valence-corrected chi connectivity index (χ3v) is 1.76. The largest absolute Gasteiger partial charge is 0.506 e. The predicted octanol–water partition coefficient (Wildman–Crippen LogP) is 2.22. The smallest absolute Gasteiger partial charge is 0.168 e. The van der Waals surface area contributed by atoms with E-state index >= 15 is 0 Å². The highest BCUT2D eigenvalue weighted by Crippen LogP contribution is 2.26. The minimum absolute atomic E-state index is 0.0139. The molecule has 1 heterocycles. The van der Waals surface area contributed by atoms with E-state index in [1.165, 1.54) is 18.3 Å². The average Bonchev–Trinajstić information content (AvgIpc) is 2.15. The van der Waals surface area contributed by atoms with E-state index in [4.69, 9.17) is 0 Å². The number of hydrogen-bond acceptors (Lipinski definition) is 2. The number of fused-ring (bicyclic) bond motifs is 1. The van der Waals surface area contributed by atoms with Gasteiger partial charge in [-0.05, 0) is 12.1 Å². The Morgan fingerprint density at radius 2 is 2.08 bits per heavy atom. The zero-order valence-electron chi connectivity index (χ0n) is 6.46. The Balaban J connectivity index is 2.97. The van der Waals surface area contributed by atoms with Gasteiger partial charge in [0.15, 0.2) is 11.6 Å². The number of phenolic OH excluding ortho intramolecular Hbond substituents is 1. The molecule has 0 saturated carbocycles. The first-order valence-corrected chi connectivity index (χ1v) is 3.62. The summed E-state index contributed by atoms with van der Waals surface area (Å²) in [5.74, 6) is -2.41. The Kier molecular flexibility index (Phi) is 1.62. The number of phenols is 1. The van der Waals surface area contributed by atoms with Crippen molar-refractivity contribution < 1.29 is 13.9 Å². The van der Waals surface area contributed by atoms with Crippen molar-refractivity contribution in [3.05, 3.63) is 36.0 Å². The zero-order valence-corrected chi connectivity index (χ0v) is 6.46. The molecule has 0 bridgehead atoms. The molecule has 0 spiro atoms. The van der Waals surface area contributed by atoms with Crippen molar-refractivity contribution in [1.82, 2.24) is 4.98 Å². The van der Waals surface area contributed by atoms with Crippen molar-refractivity contribution >= 4 is 10.9 Å². The highest BCUT2D eigenvalue weighted by molar-refractivity contribution is 5.84. The van der Waals surface area contributed by atoms with Crippen molar-refractivity contribution in [2.45, 2.75) is 0 Å². The second-order valence-electron chi connectivity index (χ2n) is 2.59. The van der Waals surface area contributed by atoms with Gasteiger partial charge in [-0.1, -0.05) is 0 Å². The van der Waals surface area contributed by atoms with E-state index in [1.807, 2.05) is 0 Å². The molecule has 2 rings (SSSR count). The summed E-state index contributed by atoms with van der Waals surface area (Å²) in [4.78, 5) is 3.73. The van der Waals surface area contributed by atoms with Crippen LogP contribution in [-0.4, -0.2) is 10.1 Å². The normalized spacial score (nSPS) is 10.6. The molecule has 2 nitrogen and oxygen atoms in total. The fraction of sp³-hybridized carbons (Fsp3) is 0. The molecule has 0 fully saturated rings. The number of nitrogens with zero attached hydrogens (tertiary/aromatic N) is 1. The number of aromatic hydroxyl groups is 1. The molecule has 4 heteroatoms. The molecule has 0 unspecified atom stereocenters. The van der Waals surface area contributed by atoms with E-state index in [2.05, 4.69) is 4.98 Å². The first-order valence-electron chi connectivity index (χ1n) is 3.62. The molecule has 2 aromatic rings. The van der Waals surface area contributed by atoms with Gasteiger partial charge in [0.1, 0.15) is 11.3 Å². The quantitative estimate of drug-likeness (QED) is 0.675. The molecule has 66 valence electrons. The van der Waals surface area contributed by atoms with E-state index in [0.717, 1.165) is 0 Å². The van der Waals surface area contributed by atoms with Crippen molar-refractivity contribution in [3.8, 4) is 5.75 Å². The third-order valence-electron chi connectivity index (χ3n) is 1.76. The van der Waals surface area contributed by atoms with Crippen LogP contribution in [0.2, 0.25) is 0 Å². The summed E-state index contributed by atoms with van der Waals surface area (Å²) >= 11 is 0. The number of aromatic nitrogens is 1. The molecule has 0 amide bonds. The third kappa shape index (κ3) is 1.11. The molecule has 0 aliphatic heterocycles. The fourth-order valence-corrected chi connectivity index (χ4v) is 1.17. The van der Waals surface area contributed by atoms with Crippen LogP contribution in [0, 0.1) is 11.6 Å². The van der Waals surface area contributed by atoms with Crippen LogP contribution in [-0.2, 0) is 0 Å². The molecule has 1 aromatic carbocycles. The minimum atomic E-state index is -1.07. The molecular formula is C9H5F2NO. The van der Waals surface area contributed by atoms with E-state index in [1.54, 1.807) is 0 Å². The molecule has 1 aromatic heterocycles. The summed E-state index contributed by atoms with van der Waals surface area (Å²) in [5.41, 5.74) is 0.0707. The molecule has 0 saturated heterocycles. The first kappa shape index (κ1) is 7.91. The lowest BCUT2D eigenvalue weighted by Crippen LogP contribution is -1.88. The predicted molar refractivity (Wildman–Crippen MR) is 43.3 cm³/mol. The van der Waals surface area contributed by atoms with Crippen molar-refractivity contribution in [2.75, 3.05) is 0 Å². The maximum Gasteiger partial charge on any atom is 0.168 e. The van der Waals surface area contributed by atoms with E-state index in [-0.39, 0.29) is 16.7 Å². The number of pyridine rings is 1. The van der Waals surface area contributed by atoms with Gasteiger partial charge in [0, 0.05) is 17.6 Å². The second-order valence-corrected chi connectivity index (χ2v) is 2.59. The summed E-state index contributed by atoms with van der Waals surface area (Å²) in [7, 11) is 0. The second kappa shape index (κ2) is 2.65. The van der Waals surface area contributed by atoms with Crippen LogP contribution < -0.4 is 0 Å². The monoisotopic (exact) mass is 181 g/mol. The number of hydrogen-bond donors (Lipinski definition) is 1. The van der Waals surface area contributed by atoms with Gasteiger partial charge in [-0.15, -0.1) is 0 Å². The number of rotatable bonds is 0. The minimum Gasteiger partial charge on any atom is -0.506 e. The van der Waals surface area contributed by atoms with Gasteiger partial charge < -0.3 is 5.11 Å². The Morgan fingerprint density at radius 3 is 2.85 bits per heavy atom. The molecule has 1 N–H and O–H groups in total. The summed E-state index contributed by atoms with van der Waals surface area (Å²) in [6.45, 7) is 0. The standard InChI is InChI=1S/C9H5F2NO/c10-6-4-7(13)9-5(8(6)11)2-1-3-12-9/h1-4,13H. The zero-order chi connectivity index (χ0) is 9.42. The van der Waals surface area contributed by atoms with Gasteiger partial charge in [0.05, 0.1) is 0 Å². The van der Waals surface area contributed by atoms with E-state index in [9.17, 15) is 13.9 Å². The van der Waals surface area contributed by atoms with Gasteiger partial charge in [0.2, 0.25) is 0 Å². The Bertz CT molecular complexity index is 470. The topological polar surface area (TPSA) is 33.1 Å². The lowest BCUT2D eigenvalue weighted by atomic mass is 10.2. The number of halogens is 2. The fourth-order valence-electron chi connectivity index (χ4n) is 1.17. The van der Waals surface area contributed by atoms with Crippen LogP contribution in [0.3, 0.4) is 0 Å². The van der Waals surface area contributed by atoms with Gasteiger partial charge in [-0.3, -0.25) is 4.98 Å². The van der Waals surface area contributed by atoms with Crippen molar-refractivity contribution in [2.24, 2.45) is 0 Å². The average molecular weight is 181 g/mol. The summed E-state index contributed by atoms with van der Waals surface area (Å²) in [6, 6.07) is 3.55. The van der Waals surface area contributed by atoms with E-state index < -0.39 is 11.6 Å². The van der Waals surface area contributed by atoms with Gasteiger partial charge in [-0.25, -0.2) is 8.78 Å². The molecular weight excluding hydrogens is 176 g/mol. The lowest BCUT2D eigenvalue weighted by Gasteiger charge is -2.01. The molecule has 13 heavy (non-hydrogen) atoms. The van der Waals surface area contributed by atoms with Crippen LogP contribution in [0.4, 0.5) is 8.78 Å². The Hall–Kier alpha value is -1.71. The molecule has 0 aliphatic carbocycles. The van der Waals surface area contributed by atoms with Crippen LogP contribution >= 0.6 is 0 Å². The highest BCUT2D eigenvalue weighted by Gasteiger charge is 2.11. The summed E-state index contributed by atoms with van der Waals surface area (Å²) < 4.78 is 25.8. The van der Waals surface area contributed by atoms with Crippen LogP contribution in [0.25, 0.3) is 10.9 Å². The molecule has 0 atom stereocenters. The first-order chi connectivity index (χ1) is 6.20. The SMILES string of the molecule is Oc1cc(F)c(F)c2cccnc12.